The molecule has 1 aliphatic carbocycles. The first kappa shape index (κ1) is 58.0. The molecule has 3 atom stereocenters. The second-order valence-electron chi connectivity index (χ2n) is 19.0. The zero-order valence-corrected chi connectivity index (χ0v) is 41.2. The number of amides is 1. The number of alkyl carbamates (subject to hydrolysis) is 1. The van der Waals surface area contributed by atoms with Crippen molar-refractivity contribution in [2.24, 2.45) is 11.8 Å². The summed E-state index contributed by atoms with van der Waals surface area (Å²) in [5.74, 6) is 1.01. The summed E-state index contributed by atoms with van der Waals surface area (Å²) < 4.78 is 11.8. The quantitative estimate of drug-likeness (QED) is 0.0354. The van der Waals surface area contributed by atoms with Gasteiger partial charge in [0.05, 0.1) is 19.8 Å². The van der Waals surface area contributed by atoms with E-state index in [1.54, 1.807) is 0 Å². The van der Waals surface area contributed by atoms with Crippen LogP contribution in [0, 0.1) is 11.8 Å². The molecule has 0 radical (unpaired) electrons. The SMILES string of the molecule is CCCCCCCCC(CCCCCC)COC(=O)NCCCCN(CCCCNC(O)OCC(CCCCCC)CCCCCCCC)CCN(CCO)C1CCCCC1. The number of carbonyl (C=O) groups excluding carboxylic acids is 1. The first-order valence-electron chi connectivity index (χ1n) is 27.0. The molecule has 0 saturated heterocycles. The smallest absolute Gasteiger partial charge is 0.407 e. The van der Waals surface area contributed by atoms with Crippen molar-refractivity contribution in [3.8, 4) is 0 Å². The van der Waals surface area contributed by atoms with Gasteiger partial charge in [-0.05, 0) is 95.7 Å². The fourth-order valence-electron chi connectivity index (χ4n) is 9.29. The molecule has 4 N–H and O–H groups in total. The topological polar surface area (TPSA) is 107 Å². The predicted molar refractivity (Wildman–Crippen MR) is 260 cm³/mol. The number of aliphatic hydroxyl groups is 2. The third-order valence-corrected chi connectivity index (χ3v) is 13.4. The zero-order valence-electron chi connectivity index (χ0n) is 41.2. The average Bonchev–Trinajstić information content (AvgIpc) is 3.27. The molecule has 1 fully saturated rings. The molecule has 3 unspecified atom stereocenters. The molecule has 9 heteroatoms. The number of nitrogens with zero attached hydrogens (tertiary/aromatic N) is 2. The maximum absolute atomic E-state index is 12.7. The van der Waals surface area contributed by atoms with Crippen molar-refractivity contribution in [2.45, 2.75) is 252 Å². The number of hydrogen-bond acceptors (Lipinski definition) is 8. The molecule has 1 aliphatic rings. The zero-order chi connectivity index (χ0) is 44.3. The number of ether oxygens (including phenoxy) is 2. The van der Waals surface area contributed by atoms with E-state index in [0.29, 0.717) is 37.6 Å². The van der Waals surface area contributed by atoms with Gasteiger partial charge in [0.2, 0.25) is 6.41 Å². The lowest BCUT2D eigenvalue weighted by Gasteiger charge is -2.35. The Balaban J connectivity index is 2.54. The predicted octanol–water partition coefficient (Wildman–Crippen LogP) is 12.8. The molecular weight excluding hydrogens is 761 g/mol. The van der Waals surface area contributed by atoms with Gasteiger partial charge in [-0.25, -0.2) is 4.79 Å². The van der Waals surface area contributed by atoms with Crippen LogP contribution in [0.15, 0.2) is 0 Å². The summed E-state index contributed by atoms with van der Waals surface area (Å²) in [6.45, 7) is 16.6. The Morgan fingerprint density at radius 2 is 1.03 bits per heavy atom. The number of rotatable bonds is 46. The van der Waals surface area contributed by atoms with Gasteiger partial charge in [-0.3, -0.25) is 10.2 Å². The van der Waals surface area contributed by atoms with E-state index in [1.807, 2.05) is 0 Å². The third-order valence-electron chi connectivity index (χ3n) is 13.4. The minimum absolute atomic E-state index is 0.214. The van der Waals surface area contributed by atoms with E-state index in [4.69, 9.17) is 9.47 Å². The first-order chi connectivity index (χ1) is 30.0. The first-order valence-corrected chi connectivity index (χ1v) is 27.0. The summed E-state index contributed by atoms with van der Waals surface area (Å²) in [5.41, 5.74) is 0. The van der Waals surface area contributed by atoms with E-state index in [9.17, 15) is 15.0 Å². The van der Waals surface area contributed by atoms with E-state index in [0.717, 1.165) is 71.4 Å². The molecule has 61 heavy (non-hydrogen) atoms. The lowest BCUT2D eigenvalue weighted by Crippen LogP contribution is -2.44. The van der Waals surface area contributed by atoms with E-state index in [2.05, 4.69) is 48.1 Å². The Kier molecular flexibility index (Phi) is 42.1. The molecule has 364 valence electrons. The van der Waals surface area contributed by atoms with Crippen molar-refractivity contribution in [3.05, 3.63) is 0 Å². The maximum Gasteiger partial charge on any atom is 0.407 e. The van der Waals surface area contributed by atoms with Crippen molar-refractivity contribution < 1.29 is 24.5 Å². The highest BCUT2D eigenvalue weighted by molar-refractivity contribution is 5.67. The van der Waals surface area contributed by atoms with Gasteiger partial charge in [0.1, 0.15) is 0 Å². The van der Waals surface area contributed by atoms with Crippen LogP contribution in [0.25, 0.3) is 0 Å². The van der Waals surface area contributed by atoms with E-state index in [1.165, 1.54) is 180 Å². The average molecular weight is 867 g/mol. The van der Waals surface area contributed by atoms with Crippen LogP contribution in [-0.2, 0) is 9.47 Å². The van der Waals surface area contributed by atoms with E-state index in [-0.39, 0.29) is 12.7 Å². The maximum atomic E-state index is 12.7. The number of nitrogens with one attached hydrogen (secondary N) is 2. The van der Waals surface area contributed by atoms with Crippen LogP contribution in [0.2, 0.25) is 0 Å². The van der Waals surface area contributed by atoms with Crippen molar-refractivity contribution >= 4 is 6.09 Å². The Bertz CT molecular complexity index is 909. The highest BCUT2D eigenvalue weighted by Crippen LogP contribution is 2.23. The van der Waals surface area contributed by atoms with Gasteiger partial charge >= 0.3 is 6.09 Å². The van der Waals surface area contributed by atoms with Crippen LogP contribution in [0.1, 0.15) is 240 Å². The molecule has 0 aromatic heterocycles. The minimum atomic E-state index is -0.905. The Morgan fingerprint density at radius 1 is 0.557 bits per heavy atom. The molecule has 0 aliphatic heterocycles. The van der Waals surface area contributed by atoms with E-state index >= 15 is 0 Å². The van der Waals surface area contributed by atoms with E-state index < -0.39 is 6.41 Å². The largest absolute Gasteiger partial charge is 0.449 e. The van der Waals surface area contributed by atoms with Gasteiger partial charge in [0, 0.05) is 32.2 Å². The van der Waals surface area contributed by atoms with Gasteiger partial charge < -0.3 is 29.9 Å². The number of aliphatic hydroxyl groups excluding tert-OH is 2. The van der Waals surface area contributed by atoms with Crippen molar-refractivity contribution in [1.29, 1.82) is 0 Å². The Hall–Kier alpha value is -0.970. The molecule has 0 spiro atoms. The molecule has 0 aromatic rings. The summed E-state index contributed by atoms with van der Waals surface area (Å²) in [6, 6.07) is 0.590. The molecule has 0 bridgehead atoms. The number of carbonyl (C=O) groups is 1. The highest BCUT2D eigenvalue weighted by Gasteiger charge is 2.21. The fourth-order valence-corrected chi connectivity index (χ4v) is 9.29. The second-order valence-corrected chi connectivity index (χ2v) is 19.0. The highest BCUT2D eigenvalue weighted by atomic mass is 16.6. The molecule has 1 rings (SSSR count). The van der Waals surface area contributed by atoms with Gasteiger partial charge in [0.15, 0.2) is 0 Å². The van der Waals surface area contributed by atoms with Crippen LogP contribution in [0.5, 0.6) is 0 Å². The fraction of sp³-hybridized carbons (Fsp3) is 0.981. The van der Waals surface area contributed by atoms with Gasteiger partial charge in [-0.15, -0.1) is 0 Å². The van der Waals surface area contributed by atoms with Crippen LogP contribution in [-0.4, -0.2) is 104 Å². The molecule has 0 aromatic carbocycles. The summed E-state index contributed by atoms with van der Waals surface area (Å²) >= 11 is 0. The van der Waals surface area contributed by atoms with Gasteiger partial charge in [-0.1, -0.05) is 175 Å². The lowest BCUT2D eigenvalue weighted by atomic mass is 9.94. The van der Waals surface area contributed by atoms with Gasteiger partial charge in [-0.2, -0.15) is 0 Å². The molecular formula is C52H106N4O5. The van der Waals surface area contributed by atoms with Crippen LogP contribution in [0.3, 0.4) is 0 Å². The Morgan fingerprint density at radius 3 is 1.56 bits per heavy atom. The van der Waals surface area contributed by atoms with Crippen LogP contribution in [0.4, 0.5) is 4.79 Å². The summed E-state index contributed by atoms with van der Waals surface area (Å²) in [4.78, 5) is 17.8. The van der Waals surface area contributed by atoms with Gasteiger partial charge in [0.25, 0.3) is 0 Å². The van der Waals surface area contributed by atoms with Crippen molar-refractivity contribution in [2.75, 3.05) is 65.6 Å². The number of unbranched alkanes of at least 4 members (excludes halogenated alkanes) is 18. The minimum Gasteiger partial charge on any atom is -0.449 e. The van der Waals surface area contributed by atoms with Crippen LogP contribution < -0.4 is 10.6 Å². The summed E-state index contributed by atoms with van der Waals surface area (Å²) in [7, 11) is 0. The normalized spacial score (nSPS) is 15.1. The second kappa shape index (κ2) is 44.2. The third kappa shape index (κ3) is 36.0. The lowest BCUT2D eigenvalue weighted by molar-refractivity contribution is -0.130. The number of hydrogen-bond donors (Lipinski definition) is 4. The molecule has 1 saturated carbocycles. The standard InChI is InChI=1S/C52H106N4O5/c1-5-9-13-17-19-24-34-48(32-22-15-11-7-3)46-60-51(58)53-38-28-30-40-55(42-43-56(44-45-57)50-36-26-21-27-37-50)41-31-29-39-54-52(59)61-47-49(33-23-16-12-8-4)35-25-20-18-14-10-6-2/h48-51,53,57-58H,5-47H2,1-4H3,(H,54,59). The van der Waals surface area contributed by atoms with Crippen molar-refractivity contribution in [1.82, 2.24) is 20.4 Å². The Labute approximate surface area is 379 Å². The van der Waals surface area contributed by atoms with Crippen LogP contribution >= 0.6 is 0 Å². The molecule has 0 heterocycles. The summed E-state index contributed by atoms with van der Waals surface area (Å²) in [6.07, 6.45) is 39.9. The monoisotopic (exact) mass is 867 g/mol. The summed E-state index contributed by atoms with van der Waals surface area (Å²) in [5, 5.41) is 26.9. The van der Waals surface area contributed by atoms with Crippen molar-refractivity contribution in [3.63, 3.8) is 0 Å². The molecule has 9 nitrogen and oxygen atoms in total. The molecule has 1 amide bonds.